The van der Waals surface area contributed by atoms with Gasteiger partial charge in [0, 0.05) is 4.47 Å². The van der Waals surface area contributed by atoms with Crippen molar-refractivity contribution in [3.8, 4) is 5.75 Å². The summed E-state index contributed by atoms with van der Waals surface area (Å²) in [6, 6.07) is 13.3. The van der Waals surface area contributed by atoms with Crippen LogP contribution < -0.4 is 10.5 Å². The van der Waals surface area contributed by atoms with Crippen molar-refractivity contribution in [1.29, 1.82) is 0 Å². The van der Waals surface area contributed by atoms with Crippen molar-refractivity contribution in [3.05, 3.63) is 58.1 Å². The molecule has 0 saturated heterocycles. The number of ketones is 1. The lowest BCUT2D eigenvalue weighted by Crippen LogP contribution is -2.09. The monoisotopic (exact) mass is 333 g/mol. The van der Waals surface area contributed by atoms with E-state index < -0.39 is 0 Å². The Hall–Kier alpha value is -1.81. The molecule has 0 aliphatic heterocycles. The average Bonchev–Trinajstić information content (AvgIpc) is 2.42. The third kappa shape index (κ3) is 3.20. The Morgan fingerprint density at radius 2 is 1.90 bits per heavy atom. The first-order chi connectivity index (χ1) is 9.49. The van der Waals surface area contributed by atoms with Gasteiger partial charge in [0.25, 0.3) is 0 Å². The van der Waals surface area contributed by atoms with Crippen LogP contribution in [-0.4, -0.2) is 5.78 Å². The van der Waals surface area contributed by atoms with Crippen LogP contribution in [0.4, 0.5) is 5.69 Å². The van der Waals surface area contributed by atoms with Gasteiger partial charge in [0.05, 0.1) is 11.3 Å². The first-order valence-electron chi connectivity index (χ1n) is 6.30. The molecule has 0 aliphatic carbocycles. The minimum absolute atomic E-state index is 0.0757. The first kappa shape index (κ1) is 14.6. The quantitative estimate of drug-likeness (QED) is 0.667. The van der Waals surface area contributed by atoms with Crippen LogP contribution in [0, 0.1) is 0 Å². The van der Waals surface area contributed by atoms with Crippen LogP contribution >= 0.6 is 15.9 Å². The van der Waals surface area contributed by atoms with E-state index in [1.54, 1.807) is 12.1 Å². The molecule has 2 aromatic rings. The highest BCUT2D eigenvalue weighted by Crippen LogP contribution is 2.34. The summed E-state index contributed by atoms with van der Waals surface area (Å²) in [5.74, 6) is 0.366. The summed E-state index contributed by atoms with van der Waals surface area (Å²) in [4.78, 5) is 11.7. The molecule has 0 radical (unpaired) electrons. The largest absolute Gasteiger partial charge is 0.483 e. The van der Waals surface area contributed by atoms with Crippen molar-refractivity contribution < 1.29 is 9.53 Å². The molecule has 3 nitrogen and oxygen atoms in total. The molecule has 0 bridgehead atoms. The summed E-state index contributed by atoms with van der Waals surface area (Å²) < 4.78 is 6.68. The number of nitrogen functional groups attached to an aromatic ring is 1. The number of hydrogen-bond donors (Lipinski definition) is 1. The van der Waals surface area contributed by atoms with E-state index in [1.807, 2.05) is 37.3 Å². The summed E-state index contributed by atoms with van der Waals surface area (Å²) in [5, 5.41) is 0. The fraction of sp³-hybridized carbons (Fsp3) is 0.188. The van der Waals surface area contributed by atoms with Gasteiger partial charge in [-0.15, -0.1) is 0 Å². The number of ether oxygens (including phenoxy) is 1. The van der Waals surface area contributed by atoms with E-state index in [4.69, 9.17) is 10.5 Å². The normalized spacial score (nSPS) is 11.9. The molecular weight excluding hydrogens is 318 g/mol. The van der Waals surface area contributed by atoms with Gasteiger partial charge in [-0.2, -0.15) is 0 Å². The number of carbonyl (C=O) groups is 1. The van der Waals surface area contributed by atoms with Crippen molar-refractivity contribution in [3.63, 3.8) is 0 Å². The van der Waals surface area contributed by atoms with E-state index in [9.17, 15) is 4.79 Å². The predicted octanol–water partition coefficient (Wildman–Crippen LogP) is 4.37. The first-order valence-corrected chi connectivity index (χ1v) is 7.10. The van der Waals surface area contributed by atoms with E-state index in [-0.39, 0.29) is 11.9 Å². The topological polar surface area (TPSA) is 52.3 Å². The zero-order chi connectivity index (χ0) is 14.7. The van der Waals surface area contributed by atoms with Gasteiger partial charge in [0.2, 0.25) is 0 Å². The van der Waals surface area contributed by atoms with Crippen LogP contribution in [0.1, 0.15) is 35.9 Å². The van der Waals surface area contributed by atoms with Crippen molar-refractivity contribution >= 4 is 27.4 Å². The van der Waals surface area contributed by atoms with Gasteiger partial charge in [-0.3, -0.25) is 4.79 Å². The fourth-order valence-corrected chi connectivity index (χ4v) is 2.45. The fourth-order valence-electron chi connectivity index (χ4n) is 1.98. The molecule has 0 aromatic heterocycles. The standard InChI is InChI=1S/C16H16BrNO2/c1-10(19)14-8-13(17)9-15(18)16(14)20-11(2)12-6-4-3-5-7-12/h3-9,11H,18H2,1-2H3. The number of carbonyl (C=O) groups excluding carboxylic acids is 1. The molecule has 4 heteroatoms. The molecule has 2 aromatic carbocycles. The molecule has 0 heterocycles. The second-order valence-electron chi connectivity index (χ2n) is 4.60. The van der Waals surface area contributed by atoms with Gasteiger partial charge in [-0.25, -0.2) is 0 Å². The highest BCUT2D eigenvalue weighted by Gasteiger charge is 2.17. The van der Waals surface area contributed by atoms with Gasteiger partial charge in [-0.1, -0.05) is 46.3 Å². The van der Waals surface area contributed by atoms with E-state index in [2.05, 4.69) is 15.9 Å². The summed E-state index contributed by atoms with van der Waals surface area (Å²) in [6.07, 6.45) is -0.183. The second kappa shape index (κ2) is 6.09. The second-order valence-corrected chi connectivity index (χ2v) is 5.51. The maximum atomic E-state index is 11.7. The van der Waals surface area contributed by atoms with E-state index >= 15 is 0 Å². The van der Waals surface area contributed by atoms with Gasteiger partial charge < -0.3 is 10.5 Å². The van der Waals surface area contributed by atoms with Crippen molar-refractivity contribution in [2.45, 2.75) is 20.0 Å². The molecule has 104 valence electrons. The van der Waals surface area contributed by atoms with Gasteiger partial charge in [0.1, 0.15) is 6.10 Å². The zero-order valence-corrected chi connectivity index (χ0v) is 13.0. The van der Waals surface area contributed by atoms with Crippen LogP contribution in [0.5, 0.6) is 5.75 Å². The van der Waals surface area contributed by atoms with Crippen LogP contribution in [0.2, 0.25) is 0 Å². The summed E-state index contributed by atoms with van der Waals surface area (Å²) >= 11 is 3.34. The maximum Gasteiger partial charge on any atom is 0.163 e. The minimum Gasteiger partial charge on any atom is -0.483 e. The number of benzene rings is 2. The summed E-state index contributed by atoms with van der Waals surface area (Å²) in [6.45, 7) is 3.43. The number of hydrogen-bond acceptors (Lipinski definition) is 3. The zero-order valence-electron chi connectivity index (χ0n) is 11.4. The summed E-state index contributed by atoms with van der Waals surface area (Å²) in [7, 11) is 0. The predicted molar refractivity (Wildman–Crippen MR) is 84.0 cm³/mol. The maximum absolute atomic E-state index is 11.7. The van der Waals surface area contributed by atoms with Crippen LogP contribution in [-0.2, 0) is 0 Å². The highest BCUT2D eigenvalue weighted by molar-refractivity contribution is 9.10. The smallest absolute Gasteiger partial charge is 0.163 e. The van der Waals surface area contributed by atoms with Crippen molar-refractivity contribution in [2.75, 3.05) is 5.73 Å². The van der Waals surface area contributed by atoms with Gasteiger partial charge in [0.15, 0.2) is 11.5 Å². The lowest BCUT2D eigenvalue weighted by atomic mass is 10.1. The Labute approximate surface area is 126 Å². The third-order valence-electron chi connectivity index (χ3n) is 3.03. The molecule has 2 rings (SSSR count). The van der Waals surface area contributed by atoms with E-state index in [1.165, 1.54) is 6.92 Å². The van der Waals surface area contributed by atoms with Crippen LogP contribution in [0.15, 0.2) is 46.9 Å². The molecule has 2 N–H and O–H groups in total. The Balaban J connectivity index is 2.36. The molecule has 0 spiro atoms. The van der Waals surface area contributed by atoms with Crippen LogP contribution in [0.25, 0.3) is 0 Å². The van der Waals surface area contributed by atoms with Gasteiger partial charge >= 0.3 is 0 Å². The third-order valence-corrected chi connectivity index (χ3v) is 3.48. The summed E-state index contributed by atoms with van der Waals surface area (Å²) in [5.41, 5.74) is 7.95. The van der Waals surface area contributed by atoms with Crippen molar-refractivity contribution in [2.24, 2.45) is 0 Å². The Bertz CT molecular complexity index is 626. The van der Waals surface area contributed by atoms with Crippen LogP contribution in [0.3, 0.4) is 0 Å². The van der Waals surface area contributed by atoms with E-state index in [0.717, 1.165) is 10.0 Å². The van der Waals surface area contributed by atoms with Gasteiger partial charge in [-0.05, 0) is 31.5 Å². The number of nitrogens with two attached hydrogens (primary N) is 1. The lowest BCUT2D eigenvalue weighted by Gasteiger charge is -2.19. The number of Topliss-reactive ketones (excluding diaryl/α,β-unsaturated/α-hetero) is 1. The number of halogens is 1. The highest BCUT2D eigenvalue weighted by atomic mass is 79.9. The molecule has 0 amide bonds. The molecule has 1 unspecified atom stereocenters. The van der Waals surface area contributed by atoms with Crippen molar-refractivity contribution in [1.82, 2.24) is 0 Å². The Morgan fingerprint density at radius 3 is 2.50 bits per heavy atom. The Kier molecular flexibility index (Phi) is 4.45. The molecule has 1 atom stereocenters. The SMILES string of the molecule is CC(=O)c1cc(Br)cc(N)c1OC(C)c1ccccc1. The lowest BCUT2D eigenvalue weighted by molar-refractivity contribution is 0.101. The minimum atomic E-state index is -0.183. The number of anilines is 1. The molecular formula is C16H16BrNO2. The molecule has 0 fully saturated rings. The molecule has 0 aliphatic rings. The Morgan fingerprint density at radius 1 is 1.25 bits per heavy atom. The number of rotatable bonds is 4. The van der Waals surface area contributed by atoms with E-state index in [0.29, 0.717) is 17.0 Å². The molecule has 20 heavy (non-hydrogen) atoms. The average molecular weight is 334 g/mol. The molecule has 0 saturated carbocycles.